The van der Waals surface area contributed by atoms with Gasteiger partial charge in [-0.25, -0.2) is 14.6 Å². The van der Waals surface area contributed by atoms with Crippen molar-refractivity contribution in [2.45, 2.75) is 127 Å². The maximum atomic E-state index is 14.2. The number of nitrogens with zero attached hydrogens (tertiary/aromatic N) is 1. The minimum Gasteiger partial charge on any atom is -0.481 e. The molecule has 0 aliphatic carbocycles. The summed E-state index contributed by atoms with van der Waals surface area (Å²) in [6, 6.07) is 6.61. The van der Waals surface area contributed by atoms with E-state index in [1.807, 2.05) is 0 Å². The summed E-state index contributed by atoms with van der Waals surface area (Å²) >= 11 is 1.35. The maximum absolute atomic E-state index is 14.2. The highest BCUT2D eigenvalue weighted by Crippen LogP contribution is 2.12. The number of imidazole rings is 1. The highest BCUT2D eigenvalue weighted by molar-refractivity contribution is 7.98. The van der Waals surface area contributed by atoms with Crippen LogP contribution in [-0.4, -0.2) is 146 Å². The van der Waals surface area contributed by atoms with Crippen molar-refractivity contribution in [2.75, 3.05) is 18.6 Å². The number of carbonyl (C=O) groups is 10. The number of carboxylic acid groups (broad SMARTS) is 3. The molecular formula is C49H68N10O14S. The second-order valence-corrected chi connectivity index (χ2v) is 18.6. The highest BCUT2D eigenvalue weighted by atomic mass is 32.2. The normalized spacial score (nSPS) is 13.8. The van der Waals surface area contributed by atoms with E-state index in [9.17, 15) is 63.3 Å². The van der Waals surface area contributed by atoms with Gasteiger partial charge in [-0.3, -0.25) is 38.4 Å². The number of aromatic amines is 1. The van der Waals surface area contributed by atoms with Gasteiger partial charge in [0.05, 0.1) is 12.7 Å². The number of aromatic nitrogens is 2. The van der Waals surface area contributed by atoms with Crippen molar-refractivity contribution in [3.05, 3.63) is 90.0 Å². The van der Waals surface area contributed by atoms with Crippen LogP contribution in [0.2, 0.25) is 0 Å². The van der Waals surface area contributed by atoms with Crippen LogP contribution in [0.15, 0.2) is 73.2 Å². The average Bonchev–Trinajstić information content (AvgIpc) is 3.88. The predicted molar refractivity (Wildman–Crippen MR) is 270 cm³/mol. The lowest BCUT2D eigenvalue weighted by molar-refractivity contribution is -0.142. The minimum absolute atomic E-state index is 0.0567. The molecule has 7 amide bonds. The van der Waals surface area contributed by atoms with E-state index in [0.29, 0.717) is 36.3 Å². The number of carboxylic acids is 3. The average molecular weight is 1050 g/mol. The number of aliphatic carboxylic acids is 3. The molecule has 0 aliphatic heterocycles. The van der Waals surface area contributed by atoms with Gasteiger partial charge in [0.2, 0.25) is 35.4 Å². The Labute approximate surface area is 432 Å². The van der Waals surface area contributed by atoms with E-state index in [4.69, 9.17) is 10.5 Å². The Bertz CT molecular complexity index is 2310. The van der Waals surface area contributed by atoms with Crippen LogP contribution in [0.5, 0.6) is 0 Å². The first-order valence-electron chi connectivity index (χ1n) is 24.0. The van der Waals surface area contributed by atoms with Crippen molar-refractivity contribution in [3.8, 4) is 0 Å². The molecule has 1 heterocycles. The number of nitrogens with two attached hydrogens (primary N) is 1. The SMILES string of the molecule is CSCC[C@H](NC(=O)[C@H](Cc1ccccc1)NC(=O)[C@H](CC(=O)O)NC(=O)[C@H](Cc1cnc[nH]1)NC(=O)[C@H](CCC(=O)O)NC(=O)[C@H](CC(C)C)NC(=O)OCc1ccccc1)C(=O)N[C@@H](CCCCN)C(=O)O. The zero-order valence-corrected chi connectivity index (χ0v) is 42.3. The quantitative estimate of drug-likeness (QED) is 0.0367. The molecule has 0 saturated heterocycles. The second-order valence-electron chi connectivity index (χ2n) is 17.7. The first kappa shape index (κ1) is 60.8. The van der Waals surface area contributed by atoms with Gasteiger partial charge >= 0.3 is 24.0 Å². The van der Waals surface area contributed by atoms with Gasteiger partial charge in [0.1, 0.15) is 48.9 Å². The van der Waals surface area contributed by atoms with Gasteiger partial charge in [-0.05, 0) is 74.1 Å². The van der Waals surface area contributed by atoms with Crippen LogP contribution in [0, 0.1) is 5.92 Å². The summed E-state index contributed by atoms with van der Waals surface area (Å²) in [6.45, 7) is 3.75. The number of unbranched alkanes of at least 4 members (excludes halogenated alkanes) is 1. The number of alkyl carbamates (subject to hydrolysis) is 1. The number of rotatable bonds is 34. The molecule has 0 radical (unpaired) electrons. The number of benzene rings is 2. The van der Waals surface area contributed by atoms with Crippen LogP contribution >= 0.6 is 11.8 Å². The standard InChI is InChI=1S/C49H68N10O14S/c1-29(2)22-36(59-49(72)73-27-31-14-8-5-9-15-31)44(66)53-33(17-18-40(60)61)42(64)57-38(24-32-26-51-28-52-32)46(68)58-39(25-41(62)63)47(69)56-37(23-30-12-6-4-7-13-30)45(67)54-34(19-21-74-3)43(65)55-35(48(70)71)16-10-11-20-50/h4-9,12-15,26,28-29,33-39H,10-11,16-25,27,50H2,1-3H3,(H,51,52)(H,53,66)(H,54,67)(H,55,65)(H,56,69)(H,57,64)(H,58,68)(H,59,72)(H,60,61)(H,62,63)(H,70,71)/t33-,34-,35-,36-,37-,38-,39-/m0/s1. The summed E-state index contributed by atoms with van der Waals surface area (Å²) in [4.78, 5) is 139. The molecule has 0 fully saturated rings. The number of thioether (sulfide) groups is 1. The third-order valence-electron chi connectivity index (χ3n) is 11.2. The number of nitrogens with one attached hydrogen (secondary N) is 8. The molecule has 25 heteroatoms. The second kappa shape index (κ2) is 32.5. The molecule has 0 spiro atoms. The Hall–Kier alpha value is -7.54. The number of carbonyl (C=O) groups excluding carboxylic acids is 7. The molecule has 404 valence electrons. The monoisotopic (exact) mass is 1050 g/mol. The molecule has 13 N–H and O–H groups in total. The number of amides is 7. The van der Waals surface area contributed by atoms with Gasteiger partial charge in [-0.1, -0.05) is 74.5 Å². The number of hydrogen-bond acceptors (Lipinski definition) is 14. The van der Waals surface area contributed by atoms with Crippen molar-refractivity contribution in [3.63, 3.8) is 0 Å². The summed E-state index contributed by atoms with van der Waals surface area (Å²) in [6.07, 6.45) is 1.85. The summed E-state index contributed by atoms with van der Waals surface area (Å²) in [5.74, 6) is -9.88. The summed E-state index contributed by atoms with van der Waals surface area (Å²) in [7, 11) is 0. The Balaban J connectivity index is 1.90. The van der Waals surface area contributed by atoms with Gasteiger partial charge in [0.15, 0.2) is 0 Å². The Morgan fingerprint density at radius 2 is 1.12 bits per heavy atom. The fourth-order valence-electron chi connectivity index (χ4n) is 7.30. The molecule has 74 heavy (non-hydrogen) atoms. The van der Waals surface area contributed by atoms with E-state index >= 15 is 0 Å². The van der Waals surface area contributed by atoms with E-state index in [0.717, 1.165) is 0 Å². The van der Waals surface area contributed by atoms with Gasteiger partial charge in [0, 0.05) is 31.2 Å². The topological polar surface area (TPSA) is 380 Å². The molecule has 2 aromatic carbocycles. The Morgan fingerprint density at radius 3 is 1.65 bits per heavy atom. The highest BCUT2D eigenvalue weighted by Gasteiger charge is 2.35. The largest absolute Gasteiger partial charge is 0.481 e. The lowest BCUT2D eigenvalue weighted by Gasteiger charge is -2.27. The predicted octanol–water partition coefficient (Wildman–Crippen LogP) is 0.751. The lowest BCUT2D eigenvalue weighted by atomic mass is 10.0. The van der Waals surface area contributed by atoms with E-state index in [-0.39, 0.29) is 50.3 Å². The van der Waals surface area contributed by atoms with E-state index in [2.05, 4.69) is 47.2 Å². The van der Waals surface area contributed by atoms with Gasteiger partial charge in [-0.2, -0.15) is 11.8 Å². The van der Waals surface area contributed by atoms with E-state index < -0.39 is 121 Å². The molecule has 3 rings (SSSR count). The van der Waals surface area contributed by atoms with Crippen molar-refractivity contribution >= 4 is 71.2 Å². The van der Waals surface area contributed by atoms with Crippen molar-refractivity contribution in [2.24, 2.45) is 11.7 Å². The maximum Gasteiger partial charge on any atom is 0.408 e. The van der Waals surface area contributed by atoms with E-state index in [1.54, 1.807) is 80.8 Å². The first-order valence-corrected chi connectivity index (χ1v) is 25.3. The molecule has 1 aromatic heterocycles. The summed E-state index contributed by atoms with van der Waals surface area (Å²) in [5.41, 5.74) is 7.03. The van der Waals surface area contributed by atoms with Crippen LogP contribution in [-0.2, 0) is 67.3 Å². The summed E-state index contributed by atoms with van der Waals surface area (Å²) < 4.78 is 5.29. The van der Waals surface area contributed by atoms with Crippen molar-refractivity contribution in [1.29, 1.82) is 0 Å². The third-order valence-corrected chi connectivity index (χ3v) is 11.8. The Kier molecular flexibility index (Phi) is 26.7. The van der Waals surface area contributed by atoms with Crippen LogP contribution < -0.4 is 43.0 Å². The lowest BCUT2D eigenvalue weighted by Crippen LogP contribution is -2.60. The number of H-pyrrole nitrogens is 1. The Morgan fingerprint density at radius 1 is 0.608 bits per heavy atom. The zero-order chi connectivity index (χ0) is 54.6. The van der Waals surface area contributed by atoms with Crippen LogP contribution in [0.1, 0.15) is 82.0 Å². The zero-order valence-electron chi connectivity index (χ0n) is 41.5. The first-order chi connectivity index (χ1) is 35.3. The van der Waals surface area contributed by atoms with Crippen molar-refractivity contribution < 1.29 is 68.0 Å². The molecule has 3 aromatic rings. The molecule has 0 saturated carbocycles. The van der Waals surface area contributed by atoms with Gasteiger partial charge < -0.3 is 68.0 Å². The summed E-state index contributed by atoms with van der Waals surface area (Å²) in [5, 5.41) is 46.7. The molecule has 0 aliphatic rings. The number of ether oxygens (including phenoxy) is 1. The molecule has 24 nitrogen and oxygen atoms in total. The van der Waals surface area contributed by atoms with E-state index in [1.165, 1.54) is 24.3 Å². The molecular weight excluding hydrogens is 985 g/mol. The molecule has 0 bridgehead atoms. The fraction of sp³-hybridized carbons (Fsp3) is 0.490. The fourth-order valence-corrected chi connectivity index (χ4v) is 7.78. The molecule has 7 atom stereocenters. The van der Waals surface area contributed by atoms with Crippen molar-refractivity contribution in [1.82, 2.24) is 47.2 Å². The third kappa shape index (κ3) is 22.9. The smallest absolute Gasteiger partial charge is 0.408 e. The minimum atomic E-state index is -1.90. The van der Waals surface area contributed by atoms with Crippen LogP contribution in [0.3, 0.4) is 0 Å². The van der Waals surface area contributed by atoms with Gasteiger partial charge in [0.25, 0.3) is 0 Å². The van der Waals surface area contributed by atoms with Gasteiger partial charge in [-0.15, -0.1) is 0 Å². The molecule has 0 unspecified atom stereocenters. The van der Waals surface area contributed by atoms with Crippen LogP contribution in [0.25, 0.3) is 0 Å². The van der Waals surface area contributed by atoms with Crippen LogP contribution in [0.4, 0.5) is 4.79 Å². The number of hydrogen-bond donors (Lipinski definition) is 12.